The number of nitrogens with zero attached hydrogens (tertiary/aromatic N) is 3. The van der Waals surface area contributed by atoms with Gasteiger partial charge in [-0.1, -0.05) is 47.6 Å². The highest BCUT2D eigenvalue weighted by atomic mass is 35.5. The summed E-state index contributed by atoms with van der Waals surface area (Å²) < 4.78 is 13.3. The van der Waals surface area contributed by atoms with Crippen molar-refractivity contribution in [2.45, 2.75) is 5.03 Å². The van der Waals surface area contributed by atoms with Gasteiger partial charge in [-0.15, -0.1) is 10.2 Å². The van der Waals surface area contributed by atoms with Crippen LogP contribution in [0.5, 0.6) is 0 Å². The first kappa shape index (κ1) is 21.7. The number of benzene rings is 3. The molecule has 0 saturated heterocycles. The molecule has 0 fully saturated rings. The molecule has 0 unspecified atom stereocenters. The molecule has 1 amide bonds. The van der Waals surface area contributed by atoms with Crippen molar-refractivity contribution in [1.82, 2.24) is 10.2 Å². The predicted molar refractivity (Wildman–Crippen MR) is 122 cm³/mol. The zero-order valence-electron chi connectivity index (χ0n) is 16.3. The number of carbonyl (C=O) groups is 1. The monoisotopic (exact) mass is 468 g/mol. The molecule has 4 rings (SSSR count). The number of carbonyl (C=O) groups excluding carboxylic acids is 1. The smallest absolute Gasteiger partial charge is 0.271 e. The molecule has 0 aliphatic heterocycles. The van der Waals surface area contributed by atoms with Gasteiger partial charge in [0, 0.05) is 28.5 Å². The first-order valence-corrected chi connectivity index (χ1v) is 10.7. The molecule has 0 radical (unpaired) electrons. The summed E-state index contributed by atoms with van der Waals surface area (Å²) in [5, 5.41) is 24.3. The lowest BCUT2D eigenvalue weighted by Gasteiger charge is -2.10. The highest BCUT2D eigenvalue weighted by molar-refractivity contribution is 8.00. The molecule has 4 aromatic rings. The van der Waals surface area contributed by atoms with Gasteiger partial charge in [0.2, 0.25) is 5.91 Å². The standard InChI is InChI=1S/C22H14ClFN4O3S/c23-18-11-15(28(30)31)9-10-19(18)25-20(29)12-32-22-17-4-2-1-3-16(17)21(26-27-22)13-5-7-14(24)8-6-13/h1-11H,12H2,(H,25,29). The predicted octanol–water partition coefficient (Wildman–Crippen LogP) is 5.73. The minimum atomic E-state index is -0.563. The van der Waals surface area contributed by atoms with Crippen molar-refractivity contribution in [3.8, 4) is 11.3 Å². The van der Waals surface area contributed by atoms with Gasteiger partial charge in [-0.3, -0.25) is 14.9 Å². The Balaban J connectivity index is 1.53. The van der Waals surface area contributed by atoms with Crippen molar-refractivity contribution in [2.24, 2.45) is 0 Å². The number of fused-ring (bicyclic) bond motifs is 1. The molecule has 1 N–H and O–H groups in total. The zero-order valence-corrected chi connectivity index (χ0v) is 17.9. The normalized spacial score (nSPS) is 10.8. The van der Waals surface area contributed by atoms with Crippen molar-refractivity contribution in [3.05, 3.63) is 87.7 Å². The summed E-state index contributed by atoms with van der Waals surface area (Å²) in [4.78, 5) is 22.7. The van der Waals surface area contributed by atoms with E-state index in [1.807, 2.05) is 24.3 Å². The zero-order chi connectivity index (χ0) is 22.7. The Morgan fingerprint density at radius 2 is 1.78 bits per heavy atom. The lowest BCUT2D eigenvalue weighted by Crippen LogP contribution is -2.14. The number of thioether (sulfide) groups is 1. The highest BCUT2D eigenvalue weighted by Gasteiger charge is 2.15. The molecular formula is C22H14ClFN4O3S. The molecule has 10 heteroatoms. The number of amides is 1. The molecule has 32 heavy (non-hydrogen) atoms. The van der Waals surface area contributed by atoms with E-state index in [0.717, 1.165) is 16.3 Å². The molecule has 0 aliphatic carbocycles. The first-order chi connectivity index (χ1) is 15.4. The minimum absolute atomic E-state index is 0.0296. The van der Waals surface area contributed by atoms with Crippen LogP contribution in [-0.2, 0) is 4.79 Å². The second-order valence-electron chi connectivity index (χ2n) is 6.66. The number of nitro groups is 1. The van der Waals surface area contributed by atoms with E-state index in [1.165, 1.54) is 42.1 Å². The fourth-order valence-electron chi connectivity index (χ4n) is 3.05. The molecule has 0 spiro atoms. The van der Waals surface area contributed by atoms with Crippen LogP contribution in [0.25, 0.3) is 22.0 Å². The second-order valence-corrected chi connectivity index (χ2v) is 8.04. The number of aromatic nitrogens is 2. The van der Waals surface area contributed by atoms with E-state index >= 15 is 0 Å². The van der Waals surface area contributed by atoms with Crippen LogP contribution in [0.1, 0.15) is 0 Å². The Kier molecular flexibility index (Phi) is 6.29. The third kappa shape index (κ3) is 4.68. The van der Waals surface area contributed by atoms with Gasteiger partial charge in [0.25, 0.3) is 5.69 Å². The van der Waals surface area contributed by atoms with Crippen LogP contribution in [0.3, 0.4) is 0 Å². The van der Waals surface area contributed by atoms with Crippen LogP contribution in [0.15, 0.2) is 71.8 Å². The Hall–Kier alpha value is -3.56. The molecular weight excluding hydrogens is 455 g/mol. The van der Waals surface area contributed by atoms with Crippen LogP contribution in [0, 0.1) is 15.9 Å². The molecule has 3 aromatic carbocycles. The van der Waals surface area contributed by atoms with Gasteiger partial charge in [-0.25, -0.2) is 4.39 Å². The summed E-state index contributed by atoms with van der Waals surface area (Å²) in [6.07, 6.45) is 0. The fraction of sp³-hybridized carbons (Fsp3) is 0.0455. The number of anilines is 1. The van der Waals surface area contributed by atoms with Gasteiger partial charge < -0.3 is 5.32 Å². The number of halogens is 2. The van der Waals surface area contributed by atoms with Crippen LogP contribution >= 0.6 is 23.4 Å². The van der Waals surface area contributed by atoms with Gasteiger partial charge in [-0.2, -0.15) is 0 Å². The van der Waals surface area contributed by atoms with Crippen molar-refractivity contribution < 1.29 is 14.1 Å². The average molecular weight is 469 g/mol. The van der Waals surface area contributed by atoms with Crippen LogP contribution < -0.4 is 5.32 Å². The van der Waals surface area contributed by atoms with Crippen LogP contribution in [-0.4, -0.2) is 26.8 Å². The van der Waals surface area contributed by atoms with E-state index in [4.69, 9.17) is 11.6 Å². The maximum absolute atomic E-state index is 13.3. The van der Waals surface area contributed by atoms with E-state index in [1.54, 1.807) is 12.1 Å². The summed E-state index contributed by atoms with van der Waals surface area (Å²) >= 11 is 7.23. The topological polar surface area (TPSA) is 98.0 Å². The van der Waals surface area contributed by atoms with E-state index in [-0.39, 0.29) is 33.9 Å². The third-order valence-corrected chi connectivity index (χ3v) is 5.84. The summed E-state index contributed by atoms with van der Waals surface area (Å²) in [5.41, 5.74) is 1.47. The van der Waals surface area contributed by atoms with E-state index in [0.29, 0.717) is 10.7 Å². The summed E-state index contributed by atoms with van der Waals surface area (Å²) in [6.45, 7) is 0. The number of nitrogens with one attached hydrogen (secondary N) is 1. The molecule has 0 atom stereocenters. The number of non-ortho nitro benzene ring substituents is 1. The summed E-state index contributed by atoms with van der Waals surface area (Å²) in [7, 11) is 0. The Labute approximate surface area is 190 Å². The van der Waals surface area contributed by atoms with Crippen molar-refractivity contribution in [1.29, 1.82) is 0 Å². The molecule has 7 nitrogen and oxygen atoms in total. The molecule has 0 saturated carbocycles. The second kappa shape index (κ2) is 9.29. The minimum Gasteiger partial charge on any atom is -0.324 e. The van der Waals surface area contributed by atoms with E-state index < -0.39 is 4.92 Å². The Bertz CT molecular complexity index is 1330. The van der Waals surface area contributed by atoms with E-state index in [2.05, 4.69) is 15.5 Å². The summed E-state index contributed by atoms with van der Waals surface area (Å²) in [6, 6.07) is 17.3. The highest BCUT2D eigenvalue weighted by Crippen LogP contribution is 2.32. The quantitative estimate of drug-likeness (QED) is 0.220. The molecule has 160 valence electrons. The maximum Gasteiger partial charge on any atom is 0.271 e. The largest absolute Gasteiger partial charge is 0.324 e. The van der Waals surface area contributed by atoms with Gasteiger partial charge in [0.05, 0.1) is 21.4 Å². The molecule has 0 aliphatic rings. The lowest BCUT2D eigenvalue weighted by molar-refractivity contribution is -0.384. The van der Waals surface area contributed by atoms with Gasteiger partial charge in [0.15, 0.2) is 0 Å². The van der Waals surface area contributed by atoms with Gasteiger partial charge in [0.1, 0.15) is 16.5 Å². The number of nitro benzene ring substituents is 1. The Morgan fingerprint density at radius 1 is 1.06 bits per heavy atom. The Morgan fingerprint density at radius 3 is 2.47 bits per heavy atom. The van der Waals surface area contributed by atoms with Crippen LogP contribution in [0.4, 0.5) is 15.8 Å². The molecule has 1 aromatic heterocycles. The fourth-order valence-corrected chi connectivity index (χ4v) is 4.04. The first-order valence-electron chi connectivity index (χ1n) is 9.30. The maximum atomic E-state index is 13.3. The van der Waals surface area contributed by atoms with Gasteiger partial charge >= 0.3 is 0 Å². The number of hydrogen-bond acceptors (Lipinski definition) is 6. The summed E-state index contributed by atoms with van der Waals surface area (Å²) in [5.74, 6) is -0.654. The lowest BCUT2D eigenvalue weighted by atomic mass is 10.1. The van der Waals surface area contributed by atoms with E-state index in [9.17, 15) is 19.3 Å². The van der Waals surface area contributed by atoms with Crippen molar-refractivity contribution in [3.63, 3.8) is 0 Å². The molecule has 0 bridgehead atoms. The molecule has 1 heterocycles. The average Bonchev–Trinajstić information content (AvgIpc) is 2.79. The van der Waals surface area contributed by atoms with Crippen molar-refractivity contribution >= 4 is 51.4 Å². The van der Waals surface area contributed by atoms with Gasteiger partial charge in [-0.05, 0) is 30.3 Å². The van der Waals surface area contributed by atoms with Crippen LogP contribution in [0.2, 0.25) is 5.02 Å². The third-order valence-electron chi connectivity index (χ3n) is 4.55. The SMILES string of the molecule is O=C(CSc1nnc(-c2ccc(F)cc2)c2ccccc12)Nc1ccc([N+](=O)[O-])cc1Cl. The van der Waals surface area contributed by atoms with Crippen molar-refractivity contribution in [2.75, 3.05) is 11.1 Å². The number of rotatable bonds is 6. The number of hydrogen-bond donors (Lipinski definition) is 1.